The Balaban J connectivity index is 1.78. The summed E-state index contributed by atoms with van der Waals surface area (Å²) in [5.74, 6) is 0.835. The highest BCUT2D eigenvalue weighted by Crippen LogP contribution is 2.40. The number of likely N-dealkylation sites (N-methyl/N-ethyl adjacent to an activating group) is 1. The minimum atomic E-state index is -0.483. The molecular formula is C16H22N2OS. The fourth-order valence-electron chi connectivity index (χ4n) is 3.29. The van der Waals surface area contributed by atoms with Crippen LogP contribution in [0, 0.1) is 5.92 Å². The first-order valence-electron chi connectivity index (χ1n) is 7.40. The first-order valence-corrected chi connectivity index (χ1v) is 8.28. The molecule has 0 radical (unpaired) electrons. The lowest BCUT2D eigenvalue weighted by Crippen LogP contribution is -2.27. The van der Waals surface area contributed by atoms with Gasteiger partial charge in [-0.05, 0) is 30.9 Å². The van der Waals surface area contributed by atoms with E-state index in [1.165, 1.54) is 30.6 Å². The maximum Gasteiger partial charge on any atom is 0.248 e. The van der Waals surface area contributed by atoms with E-state index in [0.717, 1.165) is 17.2 Å². The summed E-state index contributed by atoms with van der Waals surface area (Å²) in [6.07, 6.45) is 5.32. The molecule has 2 aliphatic rings. The SMILES string of the molecule is CC1CCCC(Sc2ccc3c(c2)N(C)C(=O)C3N)C1. The number of carbonyl (C=O) groups excluding carboxylic acids is 1. The van der Waals surface area contributed by atoms with Crippen LogP contribution in [0.4, 0.5) is 5.69 Å². The van der Waals surface area contributed by atoms with E-state index in [4.69, 9.17) is 5.73 Å². The van der Waals surface area contributed by atoms with Crippen molar-refractivity contribution in [3.8, 4) is 0 Å². The second-order valence-electron chi connectivity index (χ2n) is 6.11. The van der Waals surface area contributed by atoms with Gasteiger partial charge in [-0.2, -0.15) is 0 Å². The quantitative estimate of drug-likeness (QED) is 0.908. The zero-order valence-corrected chi connectivity index (χ0v) is 13.0. The van der Waals surface area contributed by atoms with Gasteiger partial charge in [0.2, 0.25) is 5.91 Å². The van der Waals surface area contributed by atoms with Crippen LogP contribution in [-0.2, 0) is 4.79 Å². The molecule has 1 fully saturated rings. The standard InChI is InChI=1S/C16H22N2OS/c1-10-4-3-5-11(8-10)20-12-6-7-13-14(9-12)18(2)16(19)15(13)17/h6-7,9-11,15H,3-5,8,17H2,1-2H3. The molecule has 1 aliphatic heterocycles. The van der Waals surface area contributed by atoms with Crippen molar-refractivity contribution in [3.05, 3.63) is 23.8 Å². The molecule has 2 N–H and O–H groups in total. The monoisotopic (exact) mass is 290 g/mol. The number of fused-ring (bicyclic) bond motifs is 1. The van der Waals surface area contributed by atoms with Crippen LogP contribution in [0.2, 0.25) is 0 Å². The Morgan fingerprint density at radius 1 is 1.35 bits per heavy atom. The number of nitrogens with two attached hydrogens (primary N) is 1. The van der Waals surface area contributed by atoms with Crippen LogP contribution < -0.4 is 10.6 Å². The zero-order valence-electron chi connectivity index (χ0n) is 12.1. The molecule has 1 heterocycles. The van der Waals surface area contributed by atoms with E-state index in [2.05, 4.69) is 19.1 Å². The average Bonchev–Trinajstić information content (AvgIpc) is 2.64. The first kappa shape index (κ1) is 14.0. The van der Waals surface area contributed by atoms with Gasteiger partial charge >= 0.3 is 0 Å². The Morgan fingerprint density at radius 3 is 2.90 bits per heavy atom. The first-order chi connectivity index (χ1) is 9.56. The minimum Gasteiger partial charge on any atom is -0.316 e. The number of thioether (sulfide) groups is 1. The zero-order chi connectivity index (χ0) is 14.3. The Hall–Kier alpha value is -1.00. The van der Waals surface area contributed by atoms with E-state index in [1.807, 2.05) is 24.9 Å². The molecule has 1 aromatic carbocycles. The Bertz CT molecular complexity index is 531. The number of hydrogen-bond acceptors (Lipinski definition) is 3. The molecule has 3 rings (SSSR count). The highest BCUT2D eigenvalue weighted by Gasteiger charge is 2.32. The molecule has 0 saturated heterocycles. The summed E-state index contributed by atoms with van der Waals surface area (Å²) >= 11 is 1.96. The van der Waals surface area contributed by atoms with Crippen LogP contribution >= 0.6 is 11.8 Å². The van der Waals surface area contributed by atoms with Crippen molar-refractivity contribution in [1.82, 2.24) is 0 Å². The van der Waals surface area contributed by atoms with Crippen LogP contribution in [0.1, 0.15) is 44.2 Å². The summed E-state index contributed by atoms with van der Waals surface area (Å²) in [5, 5.41) is 0.716. The predicted octanol–water partition coefficient (Wildman–Crippen LogP) is 3.33. The molecule has 0 aromatic heterocycles. The maximum absolute atomic E-state index is 11.9. The van der Waals surface area contributed by atoms with Gasteiger partial charge in [0.25, 0.3) is 0 Å². The number of benzene rings is 1. The van der Waals surface area contributed by atoms with Crippen molar-refractivity contribution in [2.75, 3.05) is 11.9 Å². The highest BCUT2D eigenvalue weighted by molar-refractivity contribution is 8.00. The fourth-order valence-corrected chi connectivity index (χ4v) is 4.71. The van der Waals surface area contributed by atoms with Crippen molar-refractivity contribution in [2.45, 2.75) is 48.8 Å². The van der Waals surface area contributed by atoms with E-state index >= 15 is 0 Å². The smallest absolute Gasteiger partial charge is 0.248 e. The van der Waals surface area contributed by atoms with E-state index in [9.17, 15) is 4.79 Å². The number of hydrogen-bond donors (Lipinski definition) is 1. The van der Waals surface area contributed by atoms with Gasteiger partial charge < -0.3 is 10.6 Å². The van der Waals surface area contributed by atoms with E-state index in [1.54, 1.807) is 4.90 Å². The lowest BCUT2D eigenvalue weighted by atomic mass is 9.91. The number of rotatable bonds is 2. The van der Waals surface area contributed by atoms with Crippen molar-refractivity contribution in [2.24, 2.45) is 11.7 Å². The van der Waals surface area contributed by atoms with Crippen LogP contribution in [0.15, 0.2) is 23.1 Å². The van der Waals surface area contributed by atoms with Crippen molar-refractivity contribution in [3.63, 3.8) is 0 Å². The summed E-state index contributed by atoms with van der Waals surface area (Å²) < 4.78 is 0. The summed E-state index contributed by atoms with van der Waals surface area (Å²) in [7, 11) is 1.81. The molecule has 1 aliphatic carbocycles. The van der Waals surface area contributed by atoms with Crippen LogP contribution in [0.25, 0.3) is 0 Å². The summed E-state index contributed by atoms with van der Waals surface area (Å²) in [6.45, 7) is 2.35. The van der Waals surface area contributed by atoms with Crippen LogP contribution in [0.5, 0.6) is 0 Å². The number of anilines is 1. The number of nitrogens with zero attached hydrogens (tertiary/aromatic N) is 1. The molecule has 3 atom stereocenters. The molecule has 0 spiro atoms. The lowest BCUT2D eigenvalue weighted by Gasteiger charge is -2.26. The second-order valence-corrected chi connectivity index (χ2v) is 7.48. The van der Waals surface area contributed by atoms with Crippen LogP contribution in [0.3, 0.4) is 0 Å². The fraction of sp³-hybridized carbons (Fsp3) is 0.562. The molecule has 0 bridgehead atoms. The summed E-state index contributed by atoms with van der Waals surface area (Å²) in [5.41, 5.74) is 7.87. The Morgan fingerprint density at radius 2 is 2.15 bits per heavy atom. The molecule has 1 amide bonds. The molecule has 1 saturated carbocycles. The third-order valence-electron chi connectivity index (χ3n) is 4.49. The van der Waals surface area contributed by atoms with Gasteiger partial charge in [0, 0.05) is 28.4 Å². The third kappa shape index (κ3) is 2.47. The van der Waals surface area contributed by atoms with E-state index in [0.29, 0.717) is 5.25 Å². The molecule has 4 heteroatoms. The Labute approximate surface area is 124 Å². The topological polar surface area (TPSA) is 46.3 Å². The predicted molar refractivity (Wildman–Crippen MR) is 84.1 cm³/mol. The average molecular weight is 290 g/mol. The molecule has 3 unspecified atom stereocenters. The third-order valence-corrected chi connectivity index (χ3v) is 5.77. The number of carbonyl (C=O) groups is 1. The molecule has 1 aromatic rings. The molecule has 3 nitrogen and oxygen atoms in total. The second kappa shape index (κ2) is 5.41. The number of amides is 1. The van der Waals surface area contributed by atoms with Crippen molar-refractivity contribution < 1.29 is 4.79 Å². The van der Waals surface area contributed by atoms with Gasteiger partial charge in [-0.1, -0.05) is 25.8 Å². The van der Waals surface area contributed by atoms with Gasteiger partial charge in [0.15, 0.2) is 0 Å². The van der Waals surface area contributed by atoms with E-state index < -0.39 is 6.04 Å². The summed E-state index contributed by atoms with van der Waals surface area (Å²) in [4.78, 5) is 14.8. The largest absolute Gasteiger partial charge is 0.316 e. The van der Waals surface area contributed by atoms with Gasteiger partial charge in [0.05, 0.1) is 0 Å². The minimum absolute atomic E-state index is 0.00608. The maximum atomic E-state index is 11.9. The van der Waals surface area contributed by atoms with Crippen molar-refractivity contribution in [1.29, 1.82) is 0 Å². The molecular weight excluding hydrogens is 268 g/mol. The Kier molecular flexibility index (Phi) is 3.78. The molecule has 108 valence electrons. The van der Waals surface area contributed by atoms with E-state index in [-0.39, 0.29) is 5.91 Å². The highest BCUT2D eigenvalue weighted by atomic mass is 32.2. The van der Waals surface area contributed by atoms with Gasteiger partial charge in [-0.25, -0.2) is 0 Å². The normalized spacial score (nSPS) is 29.6. The van der Waals surface area contributed by atoms with Crippen molar-refractivity contribution >= 4 is 23.4 Å². The van der Waals surface area contributed by atoms with Gasteiger partial charge in [0.1, 0.15) is 6.04 Å². The van der Waals surface area contributed by atoms with Gasteiger partial charge in [-0.3, -0.25) is 4.79 Å². The molecule has 20 heavy (non-hydrogen) atoms. The van der Waals surface area contributed by atoms with Gasteiger partial charge in [-0.15, -0.1) is 11.8 Å². The summed E-state index contributed by atoms with van der Waals surface area (Å²) in [6, 6.07) is 5.79. The van der Waals surface area contributed by atoms with Crippen LogP contribution in [-0.4, -0.2) is 18.2 Å². The lowest BCUT2D eigenvalue weighted by molar-refractivity contribution is -0.118.